The van der Waals surface area contributed by atoms with Crippen LogP contribution in [0.4, 0.5) is 5.82 Å². The number of hydrogen-bond donors (Lipinski definition) is 2. The van der Waals surface area contributed by atoms with Gasteiger partial charge in [-0.15, -0.1) is 0 Å². The fourth-order valence-corrected chi connectivity index (χ4v) is 3.89. The van der Waals surface area contributed by atoms with Crippen molar-refractivity contribution in [2.45, 2.75) is 31.8 Å². The van der Waals surface area contributed by atoms with E-state index in [0.29, 0.717) is 27.4 Å². The number of rotatable bonds is 4. The SMILES string of the molecule is [B]c1nc2ncnc(N[C@@H](C)c3cc4cccc(Cl)c4c(=O)n3C3CC3)c2[nH]1. The fourth-order valence-electron chi connectivity index (χ4n) is 3.63. The van der Waals surface area contributed by atoms with E-state index in [-0.39, 0.29) is 23.4 Å². The van der Waals surface area contributed by atoms with E-state index in [1.165, 1.54) is 6.33 Å². The highest BCUT2D eigenvalue weighted by Crippen LogP contribution is 2.37. The summed E-state index contributed by atoms with van der Waals surface area (Å²) >= 11 is 6.32. The molecule has 1 atom stereocenters. The average molecular weight is 391 g/mol. The molecule has 2 radical (unpaired) electrons. The molecule has 7 nitrogen and oxygen atoms in total. The number of imidazole rings is 1. The van der Waals surface area contributed by atoms with Crippen LogP contribution in [-0.2, 0) is 0 Å². The van der Waals surface area contributed by atoms with Crippen LogP contribution in [0.15, 0.2) is 35.4 Å². The van der Waals surface area contributed by atoms with Gasteiger partial charge in [-0.25, -0.2) is 15.0 Å². The molecule has 9 heteroatoms. The number of fused-ring (bicyclic) bond motifs is 2. The van der Waals surface area contributed by atoms with E-state index < -0.39 is 0 Å². The second-order valence-corrected chi connectivity index (χ2v) is 7.50. The van der Waals surface area contributed by atoms with Gasteiger partial charge in [0.05, 0.1) is 22.2 Å². The lowest BCUT2D eigenvalue weighted by atomic mass is 10.1. The number of anilines is 1. The highest BCUT2D eigenvalue weighted by atomic mass is 35.5. The highest BCUT2D eigenvalue weighted by molar-refractivity contribution is 6.35. The normalized spacial score (nSPS) is 15.2. The van der Waals surface area contributed by atoms with Crippen molar-refractivity contribution >= 4 is 52.9 Å². The summed E-state index contributed by atoms with van der Waals surface area (Å²) in [5.41, 5.74) is 2.25. The maximum atomic E-state index is 13.2. The molecule has 0 bridgehead atoms. The van der Waals surface area contributed by atoms with Crippen molar-refractivity contribution in [2.75, 3.05) is 5.32 Å². The molecule has 0 aliphatic heterocycles. The van der Waals surface area contributed by atoms with Gasteiger partial charge in [-0.05, 0) is 37.3 Å². The summed E-state index contributed by atoms with van der Waals surface area (Å²) in [6, 6.07) is 7.58. The zero-order valence-electron chi connectivity index (χ0n) is 15.1. The van der Waals surface area contributed by atoms with E-state index in [1.54, 1.807) is 6.07 Å². The first kappa shape index (κ1) is 17.2. The Morgan fingerprint density at radius 2 is 2.18 bits per heavy atom. The lowest BCUT2D eigenvalue weighted by Gasteiger charge is -2.21. The van der Waals surface area contributed by atoms with Gasteiger partial charge in [-0.3, -0.25) is 4.79 Å². The topological polar surface area (TPSA) is 88.5 Å². The van der Waals surface area contributed by atoms with E-state index in [9.17, 15) is 4.79 Å². The monoisotopic (exact) mass is 390 g/mol. The predicted molar refractivity (Wildman–Crippen MR) is 111 cm³/mol. The maximum absolute atomic E-state index is 13.2. The maximum Gasteiger partial charge on any atom is 0.260 e. The smallest absolute Gasteiger partial charge is 0.260 e. The van der Waals surface area contributed by atoms with Gasteiger partial charge in [0.15, 0.2) is 19.3 Å². The molecule has 28 heavy (non-hydrogen) atoms. The van der Waals surface area contributed by atoms with Crippen molar-refractivity contribution in [1.29, 1.82) is 0 Å². The Morgan fingerprint density at radius 1 is 1.36 bits per heavy atom. The van der Waals surface area contributed by atoms with E-state index >= 15 is 0 Å². The number of halogens is 1. The van der Waals surface area contributed by atoms with Crippen LogP contribution < -0.4 is 16.6 Å². The van der Waals surface area contributed by atoms with Gasteiger partial charge < -0.3 is 14.9 Å². The molecule has 138 valence electrons. The van der Waals surface area contributed by atoms with Crippen molar-refractivity contribution in [1.82, 2.24) is 24.5 Å². The number of aromatic amines is 1. The third kappa shape index (κ3) is 2.76. The third-order valence-electron chi connectivity index (χ3n) is 5.08. The number of benzene rings is 1. The summed E-state index contributed by atoms with van der Waals surface area (Å²) in [7, 11) is 5.75. The standard InChI is InChI=1S/C19H16BClN6O/c1-9(24-16-15-17(23-8-22-16)26-19(20)25-15)13-7-10-3-2-4-12(21)14(10)18(28)27(13)11-5-6-11/h2-4,7-9,11H,5-6H2,1H3,(H2,22,23,24,25,26)/t9-/m0/s1. The number of nitrogens with zero attached hydrogens (tertiary/aromatic N) is 4. The summed E-state index contributed by atoms with van der Waals surface area (Å²) in [6.07, 6.45) is 3.42. The molecule has 0 spiro atoms. The molecule has 1 aromatic carbocycles. The minimum Gasteiger partial charge on any atom is -0.360 e. The third-order valence-corrected chi connectivity index (χ3v) is 5.39. The van der Waals surface area contributed by atoms with Crippen molar-refractivity contribution in [3.8, 4) is 0 Å². The number of H-pyrrole nitrogens is 1. The number of aromatic nitrogens is 5. The van der Waals surface area contributed by atoms with Crippen LogP contribution in [0.1, 0.15) is 37.5 Å². The lowest BCUT2D eigenvalue weighted by molar-refractivity contribution is 0.636. The van der Waals surface area contributed by atoms with Gasteiger partial charge in [0.2, 0.25) is 0 Å². The fraction of sp³-hybridized carbons (Fsp3) is 0.263. The zero-order chi connectivity index (χ0) is 19.4. The molecule has 1 saturated carbocycles. The molecule has 0 unspecified atom stereocenters. The Morgan fingerprint density at radius 3 is 2.96 bits per heavy atom. The Bertz CT molecular complexity index is 1280. The number of pyridine rings is 1. The molecule has 0 amide bonds. The lowest BCUT2D eigenvalue weighted by Crippen LogP contribution is -2.26. The van der Waals surface area contributed by atoms with Crippen molar-refractivity contribution in [2.24, 2.45) is 0 Å². The van der Waals surface area contributed by atoms with Crippen molar-refractivity contribution < 1.29 is 0 Å². The summed E-state index contributed by atoms with van der Waals surface area (Å²) in [5.74, 6) is 0.586. The summed E-state index contributed by atoms with van der Waals surface area (Å²) in [6.45, 7) is 2.00. The molecule has 1 fully saturated rings. The number of nitrogens with one attached hydrogen (secondary N) is 2. The summed E-state index contributed by atoms with van der Waals surface area (Å²) in [5, 5.41) is 5.25. The first-order valence-electron chi connectivity index (χ1n) is 9.09. The zero-order valence-corrected chi connectivity index (χ0v) is 15.9. The van der Waals surface area contributed by atoms with E-state index in [2.05, 4.69) is 25.3 Å². The van der Waals surface area contributed by atoms with E-state index in [0.717, 1.165) is 23.9 Å². The van der Waals surface area contributed by atoms with Gasteiger partial charge in [-0.2, -0.15) is 0 Å². The molecule has 2 N–H and O–H groups in total. The van der Waals surface area contributed by atoms with Crippen molar-refractivity contribution in [3.05, 3.63) is 51.7 Å². The summed E-state index contributed by atoms with van der Waals surface area (Å²) in [4.78, 5) is 28.8. The molecule has 0 saturated heterocycles. The van der Waals surface area contributed by atoms with Crippen LogP contribution in [0.2, 0.25) is 5.02 Å². The largest absolute Gasteiger partial charge is 0.360 e. The molecule has 1 aliphatic carbocycles. The first-order chi connectivity index (χ1) is 13.5. The minimum absolute atomic E-state index is 0.0483. The summed E-state index contributed by atoms with van der Waals surface area (Å²) < 4.78 is 1.87. The molecular formula is C19H16BClN6O. The van der Waals surface area contributed by atoms with E-state index in [4.69, 9.17) is 19.4 Å². The molecule has 1 aliphatic rings. The van der Waals surface area contributed by atoms with Gasteiger partial charge in [0, 0.05) is 11.7 Å². The van der Waals surface area contributed by atoms with Crippen LogP contribution in [-0.4, -0.2) is 32.3 Å². The Kier molecular flexibility index (Phi) is 3.91. The van der Waals surface area contributed by atoms with Crippen LogP contribution >= 0.6 is 11.6 Å². The minimum atomic E-state index is -0.181. The van der Waals surface area contributed by atoms with Crippen molar-refractivity contribution in [3.63, 3.8) is 0 Å². The van der Waals surface area contributed by atoms with Crippen LogP contribution in [0.5, 0.6) is 0 Å². The molecular weight excluding hydrogens is 375 g/mol. The second kappa shape index (κ2) is 6.34. The average Bonchev–Trinajstić information content (AvgIpc) is 3.41. The molecule has 5 rings (SSSR count). The Hall–Kier alpha value is -2.87. The second-order valence-electron chi connectivity index (χ2n) is 7.09. The number of hydrogen-bond acceptors (Lipinski definition) is 5. The van der Waals surface area contributed by atoms with E-state index in [1.807, 2.05) is 29.7 Å². The highest BCUT2D eigenvalue weighted by Gasteiger charge is 2.29. The van der Waals surface area contributed by atoms with Crippen LogP contribution in [0, 0.1) is 0 Å². The molecule has 3 aromatic heterocycles. The van der Waals surface area contributed by atoms with Gasteiger partial charge in [-0.1, -0.05) is 23.7 Å². The molecule has 3 heterocycles. The van der Waals surface area contributed by atoms with Crippen LogP contribution in [0.3, 0.4) is 0 Å². The van der Waals surface area contributed by atoms with Crippen LogP contribution in [0.25, 0.3) is 21.9 Å². The predicted octanol–water partition coefficient (Wildman–Crippen LogP) is 2.62. The Labute approximate surface area is 166 Å². The Balaban J connectivity index is 1.64. The quantitative estimate of drug-likeness (QED) is 0.523. The van der Waals surface area contributed by atoms with Gasteiger partial charge in [0.25, 0.3) is 5.56 Å². The molecule has 4 aromatic rings. The first-order valence-corrected chi connectivity index (χ1v) is 9.47. The van der Waals surface area contributed by atoms with Gasteiger partial charge >= 0.3 is 0 Å². The van der Waals surface area contributed by atoms with Gasteiger partial charge in [0.1, 0.15) is 11.8 Å².